The molecular weight excluding hydrogens is 300 g/mol. The second-order valence-electron chi connectivity index (χ2n) is 4.67. The molecule has 0 bridgehead atoms. The lowest BCUT2D eigenvalue weighted by Gasteiger charge is -2.14. The van der Waals surface area contributed by atoms with E-state index in [2.05, 4.69) is 5.32 Å². The van der Waals surface area contributed by atoms with E-state index in [0.717, 1.165) is 5.56 Å². The number of nitrogens with one attached hydrogen (secondary N) is 1. The highest BCUT2D eigenvalue weighted by Crippen LogP contribution is 2.38. The van der Waals surface area contributed by atoms with Crippen LogP contribution in [0, 0.1) is 5.82 Å². The van der Waals surface area contributed by atoms with Crippen LogP contribution in [0.15, 0.2) is 36.4 Å². The molecule has 1 unspecified atom stereocenters. The number of halogens is 3. The Hall–Kier alpha value is -1.58. The SMILES string of the molecule is O=C1Cc2cc(C(Cl)c3cccc(F)c3)c(Cl)cc2N1. The van der Waals surface area contributed by atoms with Crippen molar-refractivity contribution in [1.29, 1.82) is 0 Å². The van der Waals surface area contributed by atoms with E-state index in [-0.39, 0.29) is 11.7 Å². The highest BCUT2D eigenvalue weighted by molar-refractivity contribution is 6.33. The molecule has 0 saturated heterocycles. The quantitative estimate of drug-likeness (QED) is 0.823. The topological polar surface area (TPSA) is 29.1 Å². The van der Waals surface area contributed by atoms with Crippen molar-refractivity contribution in [3.05, 3.63) is 63.9 Å². The molecule has 1 aliphatic rings. The number of hydrogen-bond donors (Lipinski definition) is 1. The number of benzene rings is 2. The summed E-state index contributed by atoms with van der Waals surface area (Å²) in [5, 5.41) is 2.62. The largest absolute Gasteiger partial charge is 0.325 e. The summed E-state index contributed by atoms with van der Waals surface area (Å²) in [5.74, 6) is -0.410. The monoisotopic (exact) mass is 309 g/mol. The first kappa shape index (κ1) is 13.4. The molecule has 3 rings (SSSR count). The second-order valence-corrected chi connectivity index (χ2v) is 5.52. The van der Waals surface area contributed by atoms with E-state index in [4.69, 9.17) is 23.2 Å². The van der Waals surface area contributed by atoms with Gasteiger partial charge in [0, 0.05) is 10.7 Å². The molecule has 0 aliphatic carbocycles. The third kappa shape index (κ3) is 2.39. The molecule has 1 N–H and O–H groups in total. The summed E-state index contributed by atoms with van der Waals surface area (Å²) in [4.78, 5) is 11.4. The summed E-state index contributed by atoms with van der Waals surface area (Å²) >= 11 is 12.6. The molecule has 5 heteroatoms. The summed E-state index contributed by atoms with van der Waals surface area (Å²) < 4.78 is 13.3. The van der Waals surface area contributed by atoms with Crippen LogP contribution < -0.4 is 5.32 Å². The Balaban J connectivity index is 2.02. The van der Waals surface area contributed by atoms with Crippen LogP contribution in [0.3, 0.4) is 0 Å². The maximum absolute atomic E-state index is 13.3. The second kappa shape index (κ2) is 5.08. The van der Waals surface area contributed by atoms with Crippen LogP contribution in [-0.4, -0.2) is 5.91 Å². The van der Waals surface area contributed by atoms with E-state index in [0.29, 0.717) is 28.3 Å². The number of carbonyl (C=O) groups excluding carboxylic acids is 1. The summed E-state index contributed by atoms with van der Waals surface area (Å²) in [7, 11) is 0. The van der Waals surface area contributed by atoms with E-state index in [1.54, 1.807) is 24.3 Å². The maximum atomic E-state index is 13.3. The summed E-state index contributed by atoms with van der Waals surface area (Å²) in [6.45, 7) is 0. The highest BCUT2D eigenvalue weighted by atomic mass is 35.5. The lowest BCUT2D eigenvalue weighted by molar-refractivity contribution is -0.115. The van der Waals surface area contributed by atoms with Crippen LogP contribution in [-0.2, 0) is 11.2 Å². The predicted octanol–water partition coefficient (Wildman–Crippen LogP) is 4.30. The maximum Gasteiger partial charge on any atom is 0.228 e. The summed E-state index contributed by atoms with van der Waals surface area (Å²) in [6, 6.07) is 9.58. The Bertz CT molecular complexity index is 702. The predicted molar refractivity (Wildman–Crippen MR) is 77.9 cm³/mol. The number of amides is 1. The van der Waals surface area contributed by atoms with Gasteiger partial charge >= 0.3 is 0 Å². The van der Waals surface area contributed by atoms with Crippen molar-refractivity contribution in [2.75, 3.05) is 5.32 Å². The molecule has 0 aromatic heterocycles. The van der Waals surface area contributed by atoms with Crippen molar-refractivity contribution in [3.8, 4) is 0 Å². The lowest BCUT2D eigenvalue weighted by Crippen LogP contribution is -2.03. The Kier molecular flexibility index (Phi) is 3.40. The molecule has 1 amide bonds. The Morgan fingerprint density at radius 3 is 2.80 bits per heavy atom. The molecule has 1 atom stereocenters. The zero-order valence-electron chi connectivity index (χ0n) is 10.3. The lowest BCUT2D eigenvalue weighted by atomic mass is 10.0. The van der Waals surface area contributed by atoms with Crippen molar-refractivity contribution >= 4 is 34.8 Å². The summed E-state index contributed by atoms with van der Waals surface area (Å²) in [6.07, 6.45) is 0.312. The van der Waals surface area contributed by atoms with Crippen LogP contribution >= 0.6 is 23.2 Å². The molecule has 0 radical (unpaired) electrons. The molecule has 0 fully saturated rings. The molecule has 0 saturated carbocycles. The van der Waals surface area contributed by atoms with Crippen LogP contribution in [0.4, 0.5) is 10.1 Å². The van der Waals surface area contributed by atoms with Gasteiger partial charge in [0.05, 0.1) is 11.8 Å². The zero-order valence-corrected chi connectivity index (χ0v) is 11.8. The van der Waals surface area contributed by atoms with Gasteiger partial charge in [0.2, 0.25) is 5.91 Å². The van der Waals surface area contributed by atoms with Crippen molar-refractivity contribution in [1.82, 2.24) is 0 Å². The molecule has 2 nitrogen and oxygen atoms in total. The van der Waals surface area contributed by atoms with E-state index in [1.165, 1.54) is 12.1 Å². The fourth-order valence-electron chi connectivity index (χ4n) is 2.31. The first-order chi connectivity index (χ1) is 9.54. The number of carbonyl (C=O) groups is 1. The average molecular weight is 310 g/mol. The number of anilines is 1. The van der Waals surface area contributed by atoms with Crippen molar-refractivity contribution in [3.63, 3.8) is 0 Å². The van der Waals surface area contributed by atoms with Crippen molar-refractivity contribution in [2.45, 2.75) is 11.8 Å². The van der Waals surface area contributed by atoms with E-state index in [9.17, 15) is 9.18 Å². The van der Waals surface area contributed by atoms with Gasteiger partial charge in [0.1, 0.15) is 5.82 Å². The first-order valence-corrected chi connectivity index (χ1v) is 6.88. The summed E-state index contributed by atoms with van der Waals surface area (Å²) in [5.41, 5.74) is 2.88. The Labute approximate surface area is 125 Å². The van der Waals surface area contributed by atoms with Gasteiger partial charge in [-0.2, -0.15) is 0 Å². The minimum absolute atomic E-state index is 0.0647. The Morgan fingerprint density at radius 2 is 2.05 bits per heavy atom. The van der Waals surface area contributed by atoms with Gasteiger partial charge in [-0.3, -0.25) is 4.79 Å². The highest BCUT2D eigenvalue weighted by Gasteiger charge is 2.22. The van der Waals surface area contributed by atoms with E-state index < -0.39 is 5.38 Å². The fourth-order valence-corrected chi connectivity index (χ4v) is 2.95. The standard InChI is InChI=1S/C15H10Cl2FNO/c16-12-7-13-9(6-14(20)19-13)5-11(12)15(17)8-2-1-3-10(18)4-8/h1-5,7,15H,6H2,(H,19,20). The van der Waals surface area contributed by atoms with Gasteiger partial charge in [-0.15, -0.1) is 11.6 Å². The molecule has 102 valence electrons. The van der Waals surface area contributed by atoms with Gasteiger partial charge in [-0.25, -0.2) is 4.39 Å². The van der Waals surface area contributed by atoms with Gasteiger partial charge in [0.25, 0.3) is 0 Å². The molecule has 20 heavy (non-hydrogen) atoms. The van der Waals surface area contributed by atoms with Crippen LogP contribution in [0.2, 0.25) is 5.02 Å². The minimum atomic E-state index is -0.556. The molecule has 0 spiro atoms. The van der Waals surface area contributed by atoms with Crippen LogP contribution in [0.5, 0.6) is 0 Å². The number of hydrogen-bond acceptors (Lipinski definition) is 1. The minimum Gasteiger partial charge on any atom is -0.325 e. The smallest absolute Gasteiger partial charge is 0.228 e. The van der Waals surface area contributed by atoms with Gasteiger partial charge in [-0.1, -0.05) is 23.7 Å². The Morgan fingerprint density at radius 1 is 1.25 bits per heavy atom. The molecule has 2 aromatic carbocycles. The third-order valence-electron chi connectivity index (χ3n) is 3.26. The molecule has 2 aromatic rings. The van der Waals surface area contributed by atoms with Gasteiger partial charge < -0.3 is 5.32 Å². The fraction of sp³-hybridized carbons (Fsp3) is 0.133. The third-order valence-corrected chi connectivity index (χ3v) is 4.08. The molecular formula is C15H10Cl2FNO. The molecule has 1 heterocycles. The number of alkyl halides is 1. The van der Waals surface area contributed by atoms with E-state index in [1.807, 2.05) is 0 Å². The average Bonchev–Trinajstić information content (AvgIpc) is 2.76. The van der Waals surface area contributed by atoms with Crippen LogP contribution in [0.25, 0.3) is 0 Å². The van der Waals surface area contributed by atoms with Crippen molar-refractivity contribution in [2.24, 2.45) is 0 Å². The number of rotatable bonds is 2. The van der Waals surface area contributed by atoms with Gasteiger partial charge in [0.15, 0.2) is 0 Å². The molecule has 1 aliphatic heterocycles. The van der Waals surface area contributed by atoms with Crippen molar-refractivity contribution < 1.29 is 9.18 Å². The first-order valence-electron chi connectivity index (χ1n) is 6.06. The van der Waals surface area contributed by atoms with Gasteiger partial charge in [-0.05, 0) is 41.0 Å². The number of fused-ring (bicyclic) bond motifs is 1. The van der Waals surface area contributed by atoms with Crippen LogP contribution in [0.1, 0.15) is 22.1 Å². The van der Waals surface area contributed by atoms with E-state index >= 15 is 0 Å². The normalized spacial score (nSPS) is 14.8. The zero-order chi connectivity index (χ0) is 14.3.